The van der Waals surface area contributed by atoms with Crippen LogP contribution >= 0.6 is 23.5 Å². The summed E-state index contributed by atoms with van der Waals surface area (Å²) in [5.41, 5.74) is 0.950. The molecule has 3 fully saturated rings. The quantitative estimate of drug-likeness (QED) is 0.0385. The van der Waals surface area contributed by atoms with Gasteiger partial charge in [0.05, 0.1) is 56.7 Å². The van der Waals surface area contributed by atoms with Crippen molar-refractivity contribution in [2.45, 2.75) is 92.6 Å². The first kappa shape index (κ1) is 56.4. The second-order valence-corrected chi connectivity index (χ2v) is 21.0. The van der Waals surface area contributed by atoms with Gasteiger partial charge in [0.15, 0.2) is 5.43 Å². The Balaban J connectivity index is 0.763. The first-order valence-corrected chi connectivity index (χ1v) is 27.2. The van der Waals surface area contributed by atoms with E-state index < -0.39 is 52.2 Å². The van der Waals surface area contributed by atoms with Gasteiger partial charge in [0.1, 0.15) is 24.2 Å². The molecule has 0 bridgehead atoms. The highest BCUT2D eigenvalue weighted by Crippen LogP contribution is 2.38. The minimum absolute atomic E-state index is 0.0256. The number of likely N-dealkylation sites (N-methyl/N-ethyl adjacent to an activating group) is 1. The molecule has 8 amide bonds. The van der Waals surface area contributed by atoms with E-state index >= 15 is 0 Å². The van der Waals surface area contributed by atoms with Crippen molar-refractivity contribution in [2.75, 3.05) is 83.6 Å². The summed E-state index contributed by atoms with van der Waals surface area (Å²) in [5, 5.41) is 21.0. The van der Waals surface area contributed by atoms with E-state index in [0.717, 1.165) is 47.9 Å². The van der Waals surface area contributed by atoms with E-state index in [1.807, 2.05) is 30.6 Å². The number of nitrogens with zero attached hydrogens (tertiary/aromatic N) is 4. The van der Waals surface area contributed by atoms with E-state index in [-0.39, 0.29) is 54.6 Å². The summed E-state index contributed by atoms with van der Waals surface area (Å²) < 4.78 is 22.7. The number of aromatic amines is 1. The Morgan fingerprint density at radius 1 is 0.840 bits per heavy atom. The molecule has 6 N–H and O–H groups in total. The number of anilines is 1. The van der Waals surface area contributed by atoms with E-state index in [4.69, 9.17) is 18.9 Å². The van der Waals surface area contributed by atoms with Crippen molar-refractivity contribution in [3.8, 4) is 5.75 Å². The van der Waals surface area contributed by atoms with Crippen molar-refractivity contribution < 1.29 is 52.5 Å². The number of H-pyrrole nitrogens is 1. The van der Waals surface area contributed by atoms with Crippen LogP contribution in [0, 0.1) is 0 Å². The van der Waals surface area contributed by atoms with Crippen LogP contribution in [0.4, 0.5) is 15.4 Å². The van der Waals surface area contributed by atoms with Crippen LogP contribution in [0.15, 0.2) is 81.9 Å². The first-order chi connectivity index (χ1) is 36.3. The number of rotatable bonds is 32. The minimum Gasteiger partial charge on any atom is -0.492 e. The standard InChI is InChI=1S/C51H66N10O12S2/c1-51(58-59-51)35-13-11-34(12-14-35)46(65)55-38(31-44(64)61-48(67)41(75-50(61)69)29-33-9-15-37(16-10-33)73-24-21-60(2)42-30-36(62)17-20-52-42)47(66)54-19-6-23-71-26-28-72-27-25-70-22-5-18-53-43(63)8-4-3-7-40-45-39(32-74-40)56-49(68)57-45/h9-17,20,30,38-41,45H,3-8,18-19,21-29,31-32H2,1-2H3,(H,52,62)(H,53,63)(H,54,66)(H,55,65)(H2,56,57,68)/t38-,39+,40+,41?,45+/m1/s1. The van der Waals surface area contributed by atoms with Crippen LogP contribution < -0.4 is 41.6 Å². The lowest BCUT2D eigenvalue weighted by molar-refractivity contribution is -0.141. The van der Waals surface area contributed by atoms with Crippen LogP contribution in [0.3, 0.4) is 0 Å². The third-order valence-electron chi connectivity index (χ3n) is 12.9. The molecule has 0 radical (unpaired) electrons. The van der Waals surface area contributed by atoms with Gasteiger partial charge in [-0.2, -0.15) is 22.0 Å². The zero-order valence-electron chi connectivity index (χ0n) is 42.2. The fourth-order valence-electron chi connectivity index (χ4n) is 8.48. The molecule has 3 aromatic rings. The number of carbonyl (C=O) groups excluding carboxylic acids is 7. The molecule has 2 aromatic carbocycles. The van der Waals surface area contributed by atoms with Crippen molar-refractivity contribution in [1.82, 2.24) is 36.5 Å². The maximum atomic E-state index is 13.7. The molecule has 1 unspecified atom stereocenters. The number of urea groups is 1. The van der Waals surface area contributed by atoms with Crippen LogP contribution in [-0.4, -0.2) is 158 Å². The summed E-state index contributed by atoms with van der Waals surface area (Å²) in [6.45, 7) is 5.48. The Kier molecular flexibility index (Phi) is 21.0. The van der Waals surface area contributed by atoms with Crippen LogP contribution in [0.5, 0.6) is 5.75 Å². The van der Waals surface area contributed by atoms with Gasteiger partial charge in [-0.05, 0) is 68.9 Å². The number of pyridine rings is 1. The molecular formula is C51H66N10O12S2. The van der Waals surface area contributed by atoms with Gasteiger partial charge in [-0.3, -0.25) is 33.6 Å². The third-order valence-corrected chi connectivity index (χ3v) is 15.4. The lowest BCUT2D eigenvalue weighted by Crippen LogP contribution is -2.50. The van der Waals surface area contributed by atoms with Crippen molar-refractivity contribution in [3.63, 3.8) is 0 Å². The van der Waals surface area contributed by atoms with E-state index in [1.165, 1.54) is 12.1 Å². The monoisotopic (exact) mass is 1070 g/mol. The third kappa shape index (κ3) is 17.1. The molecule has 5 atom stereocenters. The minimum atomic E-state index is -1.43. The Labute approximate surface area is 443 Å². The van der Waals surface area contributed by atoms with Gasteiger partial charge in [0.25, 0.3) is 17.1 Å². The molecule has 0 spiro atoms. The van der Waals surface area contributed by atoms with Crippen molar-refractivity contribution in [3.05, 3.63) is 93.8 Å². The van der Waals surface area contributed by atoms with Gasteiger partial charge < -0.3 is 55.4 Å². The highest BCUT2D eigenvalue weighted by atomic mass is 32.2. The number of aromatic nitrogens is 1. The smallest absolute Gasteiger partial charge is 0.315 e. The second-order valence-electron chi connectivity index (χ2n) is 18.5. The molecule has 7 rings (SSSR count). The number of nitrogens with one attached hydrogen (secondary N) is 6. The normalized spacial score (nSPS) is 19.5. The number of benzene rings is 2. The fourth-order valence-corrected chi connectivity index (χ4v) is 11.0. The molecule has 24 heteroatoms. The Bertz CT molecular complexity index is 2550. The molecule has 3 saturated heterocycles. The average Bonchev–Trinajstić information content (AvgIpc) is 3.74. The largest absolute Gasteiger partial charge is 0.492 e. The molecule has 4 aliphatic heterocycles. The molecule has 4 aliphatic rings. The van der Waals surface area contributed by atoms with Crippen LogP contribution in [0.2, 0.25) is 0 Å². The summed E-state index contributed by atoms with van der Waals surface area (Å²) in [5.74, 6) is -0.778. The molecule has 22 nitrogen and oxygen atoms in total. The van der Waals surface area contributed by atoms with Crippen molar-refractivity contribution in [1.29, 1.82) is 0 Å². The number of hydrogen-bond acceptors (Lipinski definition) is 17. The Hall–Kier alpha value is -6.34. The molecule has 1 aromatic heterocycles. The number of amides is 8. The van der Waals surface area contributed by atoms with E-state index in [2.05, 4.69) is 41.8 Å². The summed E-state index contributed by atoms with van der Waals surface area (Å²) in [6.07, 6.45) is 5.35. The number of hydrogen-bond donors (Lipinski definition) is 6. The Morgan fingerprint density at radius 2 is 1.53 bits per heavy atom. The van der Waals surface area contributed by atoms with E-state index in [1.54, 1.807) is 54.7 Å². The fraction of sp³-hybridized carbons (Fsp3) is 0.529. The predicted molar refractivity (Wildman–Crippen MR) is 281 cm³/mol. The molecular weight excluding hydrogens is 1010 g/mol. The van der Waals surface area contributed by atoms with E-state index in [9.17, 15) is 38.4 Å². The number of imide groups is 3. The van der Waals surface area contributed by atoms with E-state index in [0.29, 0.717) is 93.7 Å². The van der Waals surface area contributed by atoms with Gasteiger partial charge in [0.2, 0.25) is 23.4 Å². The number of ether oxygens (including phenoxy) is 4. The number of carbonyl (C=O) groups is 7. The maximum absolute atomic E-state index is 13.7. The predicted octanol–water partition coefficient (Wildman–Crippen LogP) is 3.64. The number of thioether (sulfide) groups is 2. The maximum Gasteiger partial charge on any atom is 0.315 e. The van der Waals surface area contributed by atoms with Crippen LogP contribution in [-0.2, 0) is 45.5 Å². The van der Waals surface area contributed by atoms with Gasteiger partial charge in [-0.15, -0.1) is 0 Å². The van der Waals surface area contributed by atoms with Crippen molar-refractivity contribution >= 4 is 70.1 Å². The zero-order valence-corrected chi connectivity index (χ0v) is 43.8. The SMILES string of the molecule is CN(CCOc1ccc(CC2SC(=O)N(C(=O)C[C@@H](NC(=O)c3ccc(C4(C)N=N4)cc3)C(=O)NCCCOCCOCCOCCCNC(=O)CCCC[C@@H]3SC[C@@H]4NC(=O)N[C@@H]43)C2=O)cc1)c1cc(=O)cc[nH]1. The van der Waals surface area contributed by atoms with Crippen LogP contribution in [0.1, 0.15) is 73.4 Å². The molecule has 0 aliphatic carbocycles. The summed E-state index contributed by atoms with van der Waals surface area (Å²) in [4.78, 5) is 108. The second kappa shape index (κ2) is 28.0. The first-order valence-electron chi connectivity index (χ1n) is 25.3. The van der Waals surface area contributed by atoms with Crippen molar-refractivity contribution in [2.24, 2.45) is 10.2 Å². The highest BCUT2D eigenvalue weighted by Gasteiger charge is 2.45. The summed E-state index contributed by atoms with van der Waals surface area (Å²) in [6, 6.07) is 15.4. The molecule has 404 valence electrons. The van der Waals surface area contributed by atoms with Gasteiger partial charge >= 0.3 is 6.03 Å². The summed E-state index contributed by atoms with van der Waals surface area (Å²) in [7, 11) is 1.83. The van der Waals surface area contributed by atoms with Crippen LogP contribution in [0.25, 0.3) is 0 Å². The Morgan fingerprint density at radius 3 is 2.23 bits per heavy atom. The number of unbranched alkanes of at least 4 members (excludes halogenated alkanes) is 1. The molecule has 5 heterocycles. The zero-order chi connectivity index (χ0) is 53.2. The lowest BCUT2D eigenvalue weighted by atomic mass is 10.0. The molecule has 75 heavy (non-hydrogen) atoms. The highest BCUT2D eigenvalue weighted by molar-refractivity contribution is 8.15. The lowest BCUT2D eigenvalue weighted by Gasteiger charge is -2.20. The topological polar surface area (TPSA) is 281 Å². The average molecular weight is 1080 g/mol. The number of fused-ring (bicyclic) bond motifs is 1. The summed E-state index contributed by atoms with van der Waals surface area (Å²) >= 11 is 2.60. The molecule has 0 saturated carbocycles. The van der Waals surface area contributed by atoms with Gasteiger partial charge in [-0.25, -0.2) is 9.69 Å². The van der Waals surface area contributed by atoms with Gasteiger partial charge in [0, 0.05) is 80.2 Å². The van der Waals surface area contributed by atoms with Gasteiger partial charge in [-0.1, -0.05) is 42.4 Å².